The van der Waals surface area contributed by atoms with Crippen molar-refractivity contribution in [2.75, 3.05) is 11.9 Å². The summed E-state index contributed by atoms with van der Waals surface area (Å²) in [6.07, 6.45) is 0.544. The molecule has 0 atom stereocenters. The number of rotatable bonds is 3. The van der Waals surface area contributed by atoms with Crippen molar-refractivity contribution in [1.82, 2.24) is 0 Å². The quantitative estimate of drug-likeness (QED) is 0.873. The molecule has 1 aromatic rings. The summed E-state index contributed by atoms with van der Waals surface area (Å²) in [5.74, 6) is 0.137. The number of nitrogens with two attached hydrogens (primary N) is 1. The van der Waals surface area contributed by atoms with Crippen LogP contribution in [0, 0.1) is 5.41 Å². The molecule has 0 fully saturated rings. The van der Waals surface area contributed by atoms with Gasteiger partial charge in [-0.25, -0.2) is 0 Å². The molecular formula is C14H22N2O. The maximum atomic E-state index is 12.0. The zero-order valence-electron chi connectivity index (χ0n) is 11.2. The first-order chi connectivity index (χ1) is 7.83. The van der Waals surface area contributed by atoms with Crippen LogP contribution in [0.4, 0.5) is 5.69 Å². The van der Waals surface area contributed by atoms with E-state index < -0.39 is 0 Å². The zero-order valence-corrected chi connectivity index (χ0v) is 11.2. The molecule has 0 saturated heterocycles. The molecule has 0 aliphatic carbocycles. The normalized spacial score (nSPS) is 11.4. The lowest BCUT2D eigenvalue weighted by atomic mass is 9.91. The van der Waals surface area contributed by atoms with Crippen LogP contribution in [0.3, 0.4) is 0 Å². The Morgan fingerprint density at radius 2 is 1.76 bits per heavy atom. The van der Waals surface area contributed by atoms with Gasteiger partial charge in [0.25, 0.3) is 0 Å². The molecule has 0 saturated carbocycles. The highest BCUT2D eigenvalue weighted by molar-refractivity contribution is 5.93. The maximum Gasteiger partial charge on any atom is 0.227 e. The summed E-state index contributed by atoms with van der Waals surface area (Å²) in [6, 6.07) is 7.78. The Labute approximate surface area is 104 Å². The van der Waals surface area contributed by atoms with Gasteiger partial charge in [0.15, 0.2) is 0 Å². The van der Waals surface area contributed by atoms with E-state index in [9.17, 15) is 4.79 Å². The van der Waals surface area contributed by atoms with E-state index in [0.29, 0.717) is 13.0 Å². The summed E-state index contributed by atoms with van der Waals surface area (Å²) >= 11 is 0. The van der Waals surface area contributed by atoms with Crippen LogP contribution in [0.2, 0.25) is 0 Å². The first kappa shape index (κ1) is 13.7. The van der Waals surface area contributed by atoms with Crippen LogP contribution < -0.4 is 10.6 Å². The fraction of sp³-hybridized carbons (Fsp3) is 0.500. The molecule has 3 heteroatoms. The number of nitrogens with zero attached hydrogens (tertiary/aromatic N) is 1. The van der Waals surface area contributed by atoms with E-state index in [1.807, 2.05) is 31.3 Å². The monoisotopic (exact) mass is 234 g/mol. The van der Waals surface area contributed by atoms with E-state index in [2.05, 4.69) is 20.8 Å². The smallest absolute Gasteiger partial charge is 0.227 e. The molecule has 0 bridgehead atoms. The number of anilines is 1. The van der Waals surface area contributed by atoms with Gasteiger partial charge in [-0.1, -0.05) is 32.9 Å². The summed E-state index contributed by atoms with van der Waals surface area (Å²) in [7, 11) is 1.81. The molecule has 0 aliphatic heterocycles. The van der Waals surface area contributed by atoms with Gasteiger partial charge in [-0.2, -0.15) is 0 Å². The van der Waals surface area contributed by atoms with Crippen LogP contribution in [-0.4, -0.2) is 13.0 Å². The first-order valence-electron chi connectivity index (χ1n) is 5.89. The highest BCUT2D eigenvalue weighted by Gasteiger charge is 2.19. The molecule has 94 valence electrons. The largest absolute Gasteiger partial charge is 0.326 e. The summed E-state index contributed by atoms with van der Waals surface area (Å²) in [4.78, 5) is 13.7. The molecule has 0 radical (unpaired) electrons. The van der Waals surface area contributed by atoms with Crippen molar-refractivity contribution in [3.63, 3.8) is 0 Å². The topological polar surface area (TPSA) is 46.3 Å². The minimum atomic E-state index is 0.0164. The van der Waals surface area contributed by atoms with Gasteiger partial charge in [0, 0.05) is 25.7 Å². The van der Waals surface area contributed by atoms with Gasteiger partial charge >= 0.3 is 0 Å². The Balaban J connectivity index is 2.74. The maximum absolute atomic E-state index is 12.0. The fourth-order valence-corrected chi connectivity index (χ4v) is 1.57. The van der Waals surface area contributed by atoms with Crippen LogP contribution in [0.15, 0.2) is 24.3 Å². The van der Waals surface area contributed by atoms with Gasteiger partial charge in [-0.3, -0.25) is 4.79 Å². The van der Waals surface area contributed by atoms with Gasteiger partial charge in [-0.05, 0) is 23.1 Å². The molecule has 0 aromatic heterocycles. The Morgan fingerprint density at radius 1 is 1.24 bits per heavy atom. The van der Waals surface area contributed by atoms with Crippen molar-refractivity contribution in [1.29, 1.82) is 0 Å². The molecule has 1 rings (SSSR count). The molecule has 2 N–H and O–H groups in total. The average molecular weight is 234 g/mol. The minimum absolute atomic E-state index is 0.0164. The lowest BCUT2D eigenvalue weighted by Gasteiger charge is -2.23. The van der Waals surface area contributed by atoms with E-state index in [4.69, 9.17) is 5.73 Å². The number of carbonyl (C=O) groups is 1. The molecule has 0 aliphatic rings. The van der Waals surface area contributed by atoms with Crippen molar-refractivity contribution >= 4 is 11.6 Å². The molecule has 1 aromatic carbocycles. The van der Waals surface area contributed by atoms with E-state index in [-0.39, 0.29) is 11.3 Å². The lowest BCUT2D eigenvalue weighted by Crippen LogP contribution is -2.29. The summed E-state index contributed by atoms with van der Waals surface area (Å²) in [5, 5.41) is 0. The third kappa shape index (κ3) is 4.19. The molecule has 17 heavy (non-hydrogen) atoms. The first-order valence-corrected chi connectivity index (χ1v) is 5.89. The second kappa shape index (κ2) is 5.32. The second-order valence-electron chi connectivity index (χ2n) is 5.56. The van der Waals surface area contributed by atoms with Crippen LogP contribution >= 0.6 is 0 Å². The van der Waals surface area contributed by atoms with Crippen molar-refractivity contribution in [3.8, 4) is 0 Å². The molecule has 0 heterocycles. The number of benzene rings is 1. The van der Waals surface area contributed by atoms with Crippen LogP contribution in [-0.2, 0) is 11.3 Å². The molecule has 0 spiro atoms. The lowest BCUT2D eigenvalue weighted by molar-refractivity contribution is -0.120. The standard InChI is InChI=1S/C14H22N2O/c1-14(2,3)9-13(17)16(4)12-7-5-11(10-15)6-8-12/h5-8H,9-10,15H2,1-4H3. The van der Waals surface area contributed by atoms with Crippen molar-refractivity contribution < 1.29 is 4.79 Å². The van der Waals surface area contributed by atoms with Crippen molar-refractivity contribution in [2.24, 2.45) is 11.1 Å². The van der Waals surface area contributed by atoms with E-state index in [1.165, 1.54) is 0 Å². The Morgan fingerprint density at radius 3 is 2.18 bits per heavy atom. The SMILES string of the molecule is CN(C(=O)CC(C)(C)C)c1ccc(CN)cc1. The number of amides is 1. The summed E-state index contributed by atoms with van der Waals surface area (Å²) in [6.45, 7) is 6.72. The summed E-state index contributed by atoms with van der Waals surface area (Å²) in [5.41, 5.74) is 7.54. The predicted octanol–water partition coefficient (Wildman–Crippen LogP) is 2.54. The van der Waals surface area contributed by atoms with Gasteiger partial charge in [-0.15, -0.1) is 0 Å². The van der Waals surface area contributed by atoms with Crippen molar-refractivity contribution in [2.45, 2.75) is 33.7 Å². The molecule has 1 amide bonds. The highest BCUT2D eigenvalue weighted by Crippen LogP contribution is 2.22. The Bertz CT molecular complexity index is 376. The molecule has 0 unspecified atom stereocenters. The number of carbonyl (C=O) groups excluding carboxylic acids is 1. The van der Waals surface area contributed by atoms with Gasteiger partial charge in [0.1, 0.15) is 0 Å². The van der Waals surface area contributed by atoms with Gasteiger partial charge < -0.3 is 10.6 Å². The fourth-order valence-electron chi connectivity index (χ4n) is 1.57. The third-order valence-electron chi connectivity index (χ3n) is 2.61. The van der Waals surface area contributed by atoms with E-state index >= 15 is 0 Å². The van der Waals surface area contributed by atoms with Crippen LogP contribution in [0.1, 0.15) is 32.8 Å². The van der Waals surface area contributed by atoms with Crippen LogP contribution in [0.25, 0.3) is 0 Å². The summed E-state index contributed by atoms with van der Waals surface area (Å²) < 4.78 is 0. The van der Waals surface area contributed by atoms with E-state index in [0.717, 1.165) is 11.3 Å². The van der Waals surface area contributed by atoms with E-state index in [1.54, 1.807) is 4.90 Å². The Hall–Kier alpha value is -1.35. The molecule has 3 nitrogen and oxygen atoms in total. The zero-order chi connectivity index (χ0) is 13.1. The van der Waals surface area contributed by atoms with Crippen molar-refractivity contribution in [3.05, 3.63) is 29.8 Å². The number of hydrogen-bond donors (Lipinski definition) is 1. The second-order valence-corrected chi connectivity index (χ2v) is 5.56. The predicted molar refractivity (Wildman–Crippen MR) is 71.8 cm³/mol. The average Bonchev–Trinajstić information content (AvgIpc) is 2.26. The number of hydrogen-bond acceptors (Lipinski definition) is 2. The highest BCUT2D eigenvalue weighted by atomic mass is 16.2. The third-order valence-corrected chi connectivity index (χ3v) is 2.61. The Kier molecular flexibility index (Phi) is 4.29. The minimum Gasteiger partial charge on any atom is -0.326 e. The van der Waals surface area contributed by atoms with Gasteiger partial charge in [0.05, 0.1) is 0 Å². The molecular weight excluding hydrogens is 212 g/mol. The van der Waals surface area contributed by atoms with Gasteiger partial charge in [0.2, 0.25) is 5.91 Å². The van der Waals surface area contributed by atoms with Crippen LogP contribution in [0.5, 0.6) is 0 Å².